The highest BCUT2D eigenvalue weighted by molar-refractivity contribution is 5.72. The van der Waals surface area contributed by atoms with Crippen LogP contribution in [0.1, 0.15) is 71.1 Å². The lowest BCUT2D eigenvalue weighted by Crippen LogP contribution is -2.27. The van der Waals surface area contributed by atoms with Crippen molar-refractivity contribution in [3.63, 3.8) is 0 Å². The molecule has 0 spiro atoms. The second-order valence-corrected chi connectivity index (χ2v) is 4.62. The van der Waals surface area contributed by atoms with Crippen molar-refractivity contribution in [3.05, 3.63) is 0 Å². The summed E-state index contributed by atoms with van der Waals surface area (Å²) in [5.41, 5.74) is 0. The highest BCUT2D eigenvalue weighted by Crippen LogP contribution is 2.10. The van der Waals surface area contributed by atoms with Gasteiger partial charge in [0.1, 0.15) is 0 Å². The Morgan fingerprint density at radius 1 is 0.882 bits per heavy atom. The van der Waals surface area contributed by atoms with Crippen LogP contribution in [0, 0.1) is 0 Å². The van der Waals surface area contributed by atoms with Crippen molar-refractivity contribution >= 4 is 6.03 Å². The molecule has 0 aliphatic heterocycles. The van der Waals surface area contributed by atoms with Crippen molar-refractivity contribution in [1.29, 1.82) is 0 Å². The Hall–Kier alpha value is -0.730. The van der Waals surface area contributed by atoms with Crippen molar-refractivity contribution in [1.82, 2.24) is 10.6 Å². The first-order valence-electron chi connectivity index (χ1n) is 7.20. The summed E-state index contributed by atoms with van der Waals surface area (Å²) in [6.45, 7) is 2.93. The van der Waals surface area contributed by atoms with Gasteiger partial charge in [0.05, 0.1) is 0 Å². The first-order chi connectivity index (χ1) is 8.31. The van der Waals surface area contributed by atoms with Crippen molar-refractivity contribution in [2.45, 2.75) is 71.1 Å². The number of urea groups is 1. The average Bonchev–Trinajstić information content (AvgIpc) is 2.35. The molecule has 1 radical (unpaired) electrons. The molecule has 0 aromatic heterocycles. The third kappa shape index (κ3) is 13.2. The molecule has 0 atom stereocenters. The van der Waals surface area contributed by atoms with Crippen LogP contribution in [-0.4, -0.2) is 19.6 Å². The number of unbranched alkanes of at least 4 members (excludes halogenated alkanes) is 9. The minimum Gasteiger partial charge on any atom is -0.340 e. The Morgan fingerprint density at radius 3 is 1.82 bits per heavy atom. The zero-order valence-electron chi connectivity index (χ0n) is 11.6. The molecule has 0 saturated carbocycles. The maximum absolute atomic E-state index is 10.8. The molecule has 1 N–H and O–H groups in total. The smallest absolute Gasteiger partial charge is 0.336 e. The lowest BCUT2D eigenvalue weighted by atomic mass is 10.1. The summed E-state index contributed by atoms with van der Waals surface area (Å²) in [4.78, 5) is 10.8. The highest BCUT2D eigenvalue weighted by atomic mass is 16.2. The topological polar surface area (TPSA) is 43.2 Å². The van der Waals surface area contributed by atoms with Crippen LogP contribution in [0.2, 0.25) is 0 Å². The van der Waals surface area contributed by atoms with E-state index in [1.54, 1.807) is 7.05 Å². The average molecular weight is 241 g/mol. The number of rotatable bonds is 11. The molecular formula is C14H29N2O. The zero-order valence-corrected chi connectivity index (χ0v) is 11.6. The first-order valence-corrected chi connectivity index (χ1v) is 7.20. The predicted octanol–water partition coefficient (Wildman–Crippen LogP) is 3.85. The third-order valence-electron chi connectivity index (χ3n) is 2.98. The van der Waals surface area contributed by atoms with Crippen LogP contribution in [0.3, 0.4) is 0 Å². The van der Waals surface area contributed by atoms with E-state index in [-0.39, 0.29) is 6.03 Å². The third-order valence-corrected chi connectivity index (χ3v) is 2.98. The number of nitrogens with zero attached hydrogens (tertiary/aromatic N) is 1. The van der Waals surface area contributed by atoms with E-state index in [9.17, 15) is 4.79 Å². The van der Waals surface area contributed by atoms with Gasteiger partial charge in [-0.15, -0.1) is 0 Å². The normalized spacial score (nSPS) is 10.2. The summed E-state index contributed by atoms with van der Waals surface area (Å²) in [5, 5.41) is 6.36. The summed E-state index contributed by atoms with van der Waals surface area (Å²) < 4.78 is 0. The van der Waals surface area contributed by atoms with Crippen LogP contribution in [-0.2, 0) is 0 Å². The first kappa shape index (κ1) is 16.3. The van der Waals surface area contributed by atoms with Gasteiger partial charge in [0.15, 0.2) is 0 Å². The lowest BCUT2D eigenvalue weighted by molar-refractivity contribution is 0.242. The number of carbonyl (C=O) groups is 1. The monoisotopic (exact) mass is 241 g/mol. The summed E-state index contributed by atoms with van der Waals surface area (Å²) in [5.74, 6) is 0. The van der Waals surface area contributed by atoms with Gasteiger partial charge >= 0.3 is 6.03 Å². The molecule has 101 valence electrons. The lowest BCUT2D eigenvalue weighted by Gasteiger charge is -2.02. The molecule has 3 nitrogen and oxygen atoms in total. The second-order valence-electron chi connectivity index (χ2n) is 4.62. The Kier molecular flexibility index (Phi) is 12.8. The van der Waals surface area contributed by atoms with Gasteiger partial charge in [-0.2, -0.15) is 0 Å². The number of amides is 2. The van der Waals surface area contributed by atoms with E-state index in [1.165, 1.54) is 57.8 Å². The molecule has 2 amide bonds. The van der Waals surface area contributed by atoms with Gasteiger partial charge in [-0.05, 0) is 6.42 Å². The van der Waals surface area contributed by atoms with E-state index in [2.05, 4.69) is 17.6 Å². The summed E-state index contributed by atoms with van der Waals surface area (Å²) in [7, 11) is 1.62. The van der Waals surface area contributed by atoms with Gasteiger partial charge in [0.2, 0.25) is 0 Å². The maximum Gasteiger partial charge on any atom is 0.336 e. The summed E-state index contributed by atoms with van der Waals surface area (Å²) >= 11 is 0. The number of hydrogen-bond acceptors (Lipinski definition) is 1. The molecule has 0 bridgehead atoms. The van der Waals surface area contributed by atoms with E-state index in [0.29, 0.717) is 6.54 Å². The molecule has 0 saturated heterocycles. The molecule has 0 heterocycles. The Bertz CT molecular complexity index is 172. The van der Waals surface area contributed by atoms with E-state index >= 15 is 0 Å². The molecule has 0 fully saturated rings. The van der Waals surface area contributed by atoms with Crippen molar-refractivity contribution < 1.29 is 4.79 Å². The number of carbonyl (C=O) groups excluding carboxylic acids is 1. The van der Waals surface area contributed by atoms with E-state index in [1.807, 2.05) is 0 Å². The quantitative estimate of drug-likeness (QED) is 0.549. The molecule has 0 rings (SSSR count). The number of nitrogens with one attached hydrogen (secondary N) is 1. The van der Waals surface area contributed by atoms with Crippen LogP contribution in [0.5, 0.6) is 0 Å². The van der Waals surface area contributed by atoms with Crippen LogP contribution in [0.4, 0.5) is 4.79 Å². The molecule has 0 unspecified atom stereocenters. The predicted molar refractivity (Wildman–Crippen MR) is 73.3 cm³/mol. The van der Waals surface area contributed by atoms with Crippen LogP contribution in [0.15, 0.2) is 0 Å². The van der Waals surface area contributed by atoms with Gasteiger partial charge in [-0.1, -0.05) is 64.7 Å². The van der Waals surface area contributed by atoms with Gasteiger partial charge in [-0.3, -0.25) is 0 Å². The van der Waals surface area contributed by atoms with Crippen molar-refractivity contribution in [2.24, 2.45) is 0 Å². The molecule has 3 heteroatoms. The highest BCUT2D eigenvalue weighted by Gasteiger charge is 1.97. The second kappa shape index (κ2) is 13.3. The zero-order chi connectivity index (χ0) is 12.8. The van der Waals surface area contributed by atoms with E-state index < -0.39 is 0 Å². The maximum atomic E-state index is 10.8. The van der Waals surface area contributed by atoms with Crippen molar-refractivity contribution in [2.75, 3.05) is 13.6 Å². The van der Waals surface area contributed by atoms with E-state index in [0.717, 1.165) is 6.42 Å². The Balaban J connectivity index is 2.96. The largest absolute Gasteiger partial charge is 0.340 e. The summed E-state index contributed by atoms with van der Waals surface area (Å²) in [6.07, 6.45) is 13.2. The van der Waals surface area contributed by atoms with Gasteiger partial charge in [0, 0.05) is 13.6 Å². The number of hydrogen-bond donors (Lipinski definition) is 1. The van der Waals surface area contributed by atoms with E-state index in [4.69, 9.17) is 0 Å². The van der Waals surface area contributed by atoms with Crippen LogP contribution < -0.4 is 10.6 Å². The fourth-order valence-electron chi connectivity index (χ4n) is 1.86. The molecule has 0 aromatic carbocycles. The Morgan fingerprint density at radius 2 is 1.35 bits per heavy atom. The SMILES string of the molecule is CCCCCCCCCCCC[N]C(=O)NC. The molecule has 0 aliphatic rings. The Labute approximate surface area is 107 Å². The standard InChI is InChI=1S/C14H29N2O/c1-3-4-5-6-7-8-9-10-11-12-13-16-14(17)15-2/h3-13H2,1-2H3,(H,15,17). The van der Waals surface area contributed by atoms with Gasteiger partial charge in [0.25, 0.3) is 0 Å². The molecule has 17 heavy (non-hydrogen) atoms. The van der Waals surface area contributed by atoms with Gasteiger partial charge < -0.3 is 5.32 Å². The minimum atomic E-state index is -0.194. The molecule has 0 aliphatic carbocycles. The van der Waals surface area contributed by atoms with Gasteiger partial charge in [-0.25, -0.2) is 10.1 Å². The summed E-state index contributed by atoms with van der Waals surface area (Å²) in [6, 6.07) is -0.194. The van der Waals surface area contributed by atoms with Crippen LogP contribution in [0.25, 0.3) is 0 Å². The molecule has 0 aromatic rings. The van der Waals surface area contributed by atoms with Crippen molar-refractivity contribution in [3.8, 4) is 0 Å². The van der Waals surface area contributed by atoms with Crippen LogP contribution >= 0.6 is 0 Å². The minimum absolute atomic E-state index is 0.194. The molecular weight excluding hydrogens is 212 g/mol. The fourth-order valence-corrected chi connectivity index (χ4v) is 1.86. The fraction of sp³-hybridized carbons (Fsp3) is 0.929.